The van der Waals surface area contributed by atoms with Gasteiger partial charge in [-0.05, 0) is 12.1 Å². The highest BCUT2D eigenvalue weighted by molar-refractivity contribution is 6.33. The number of carbonyl (C=O) groups is 1. The molecule has 3 nitrogen and oxygen atoms in total. The lowest BCUT2D eigenvalue weighted by atomic mass is 10.4. The lowest BCUT2D eigenvalue weighted by molar-refractivity contribution is -0.129. The second kappa shape index (κ2) is 4.28. The third kappa shape index (κ3) is 2.68. The van der Waals surface area contributed by atoms with Gasteiger partial charge in [0.25, 0.3) is 6.47 Å². The van der Waals surface area contributed by atoms with Crippen LogP contribution in [0.5, 0.6) is 0 Å². The third-order valence-corrected chi connectivity index (χ3v) is 1.52. The van der Waals surface area contributed by atoms with Crippen LogP contribution < -0.4 is 0 Å². The SMILES string of the molecule is O=COCc1cc(Cl)cc(Cl)n1. The minimum absolute atomic E-state index is 0.0871. The van der Waals surface area contributed by atoms with Crippen LogP contribution >= 0.6 is 23.2 Å². The Kier molecular flexibility index (Phi) is 3.31. The third-order valence-electron chi connectivity index (χ3n) is 1.11. The van der Waals surface area contributed by atoms with Crippen LogP contribution in [0.25, 0.3) is 0 Å². The minimum Gasteiger partial charge on any atom is -0.461 e. The molecule has 0 spiro atoms. The molecular formula is C7H5Cl2NO2. The van der Waals surface area contributed by atoms with Crippen LogP contribution in [0.15, 0.2) is 12.1 Å². The number of halogens is 2. The first-order valence-corrected chi connectivity index (χ1v) is 3.85. The van der Waals surface area contributed by atoms with Crippen molar-refractivity contribution in [2.75, 3.05) is 0 Å². The number of nitrogens with zero attached hydrogens (tertiary/aromatic N) is 1. The lowest BCUT2D eigenvalue weighted by Gasteiger charge is -1.99. The average Bonchev–Trinajstić information content (AvgIpc) is 1.99. The molecule has 0 aliphatic heterocycles. The zero-order valence-electron chi connectivity index (χ0n) is 5.96. The van der Waals surface area contributed by atoms with Crippen LogP contribution in [0.2, 0.25) is 10.2 Å². The van der Waals surface area contributed by atoms with Crippen molar-refractivity contribution in [3.63, 3.8) is 0 Å². The Labute approximate surface area is 79.3 Å². The van der Waals surface area contributed by atoms with E-state index in [4.69, 9.17) is 23.2 Å². The average molecular weight is 206 g/mol. The highest BCUT2D eigenvalue weighted by atomic mass is 35.5. The second-order valence-electron chi connectivity index (χ2n) is 2.01. The molecule has 1 heterocycles. The van der Waals surface area contributed by atoms with E-state index in [2.05, 4.69) is 9.72 Å². The topological polar surface area (TPSA) is 39.2 Å². The summed E-state index contributed by atoms with van der Waals surface area (Å²) in [4.78, 5) is 13.7. The maximum absolute atomic E-state index is 9.83. The van der Waals surface area contributed by atoms with E-state index in [9.17, 15) is 4.79 Å². The molecule has 0 aliphatic rings. The van der Waals surface area contributed by atoms with Crippen molar-refractivity contribution in [2.45, 2.75) is 6.61 Å². The molecule has 0 bridgehead atoms. The Bertz CT molecular complexity index is 270. The van der Waals surface area contributed by atoms with E-state index in [1.165, 1.54) is 6.07 Å². The van der Waals surface area contributed by atoms with Gasteiger partial charge in [0.2, 0.25) is 0 Å². The molecule has 0 aliphatic carbocycles. The largest absolute Gasteiger partial charge is 0.461 e. The highest BCUT2D eigenvalue weighted by Gasteiger charge is 1.99. The summed E-state index contributed by atoms with van der Waals surface area (Å²) in [6, 6.07) is 3.09. The normalized spacial score (nSPS) is 9.50. The van der Waals surface area contributed by atoms with Crippen molar-refractivity contribution in [1.29, 1.82) is 0 Å². The molecule has 1 aromatic heterocycles. The van der Waals surface area contributed by atoms with E-state index in [1.807, 2.05) is 0 Å². The van der Waals surface area contributed by atoms with Crippen molar-refractivity contribution >= 4 is 29.7 Å². The smallest absolute Gasteiger partial charge is 0.293 e. The maximum Gasteiger partial charge on any atom is 0.293 e. The van der Waals surface area contributed by atoms with Gasteiger partial charge in [-0.2, -0.15) is 0 Å². The fourth-order valence-corrected chi connectivity index (χ4v) is 1.22. The standard InChI is InChI=1S/C7H5Cl2NO2/c8-5-1-6(3-12-4-11)10-7(9)2-5/h1-2,4H,3H2. The molecule has 0 saturated heterocycles. The molecule has 12 heavy (non-hydrogen) atoms. The summed E-state index contributed by atoms with van der Waals surface area (Å²) < 4.78 is 4.47. The van der Waals surface area contributed by atoms with Crippen molar-refractivity contribution in [3.8, 4) is 0 Å². The predicted octanol–water partition coefficient (Wildman–Crippen LogP) is 2.06. The van der Waals surface area contributed by atoms with Crippen molar-refractivity contribution in [3.05, 3.63) is 28.0 Å². The second-order valence-corrected chi connectivity index (χ2v) is 2.83. The van der Waals surface area contributed by atoms with Gasteiger partial charge in [-0.15, -0.1) is 0 Å². The molecule has 5 heteroatoms. The van der Waals surface area contributed by atoms with Crippen LogP contribution in [-0.4, -0.2) is 11.5 Å². The minimum atomic E-state index is 0.0871. The van der Waals surface area contributed by atoms with Gasteiger partial charge in [0.05, 0.1) is 5.69 Å². The zero-order chi connectivity index (χ0) is 8.97. The molecule has 1 rings (SSSR count). The summed E-state index contributed by atoms with van der Waals surface area (Å²) >= 11 is 11.3. The van der Waals surface area contributed by atoms with Gasteiger partial charge >= 0.3 is 0 Å². The van der Waals surface area contributed by atoms with Gasteiger partial charge in [0.15, 0.2) is 0 Å². The molecule has 0 radical (unpaired) electrons. The fourth-order valence-electron chi connectivity index (χ4n) is 0.710. The summed E-state index contributed by atoms with van der Waals surface area (Å²) in [5, 5.41) is 0.756. The van der Waals surface area contributed by atoms with E-state index in [1.54, 1.807) is 6.07 Å². The van der Waals surface area contributed by atoms with Gasteiger partial charge in [-0.25, -0.2) is 4.98 Å². The summed E-state index contributed by atoms with van der Waals surface area (Å²) in [6.07, 6.45) is 0. The van der Waals surface area contributed by atoms with Crippen LogP contribution in [-0.2, 0) is 16.1 Å². The van der Waals surface area contributed by atoms with E-state index in [-0.39, 0.29) is 11.8 Å². The molecule has 0 atom stereocenters. The number of carbonyl (C=O) groups excluding carboxylic acids is 1. The molecule has 1 aromatic rings. The predicted molar refractivity (Wildman–Crippen MR) is 45.1 cm³/mol. The summed E-state index contributed by atoms with van der Waals surface area (Å²) in [5.41, 5.74) is 0.527. The van der Waals surface area contributed by atoms with Gasteiger partial charge in [-0.1, -0.05) is 23.2 Å². The molecule has 0 N–H and O–H groups in total. The molecule has 0 aromatic carbocycles. The Balaban J connectivity index is 2.78. The Morgan fingerprint density at radius 2 is 2.25 bits per heavy atom. The first-order chi connectivity index (χ1) is 5.72. The number of hydrogen-bond donors (Lipinski definition) is 0. The van der Waals surface area contributed by atoms with E-state index < -0.39 is 0 Å². The Morgan fingerprint density at radius 1 is 1.50 bits per heavy atom. The van der Waals surface area contributed by atoms with Crippen molar-refractivity contribution in [2.24, 2.45) is 0 Å². The molecule has 0 fully saturated rings. The van der Waals surface area contributed by atoms with Gasteiger partial charge < -0.3 is 4.74 Å². The maximum atomic E-state index is 9.83. The summed E-state index contributed by atoms with van der Waals surface area (Å²) in [5.74, 6) is 0. The number of rotatable bonds is 3. The lowest BCUT2D eigenvalue weighted by Crippen LogP contribution is -1.93. The fraction of sp³-hybridized carbons (Fsp3) is 0.143. The summed E-state index contributed by atoms with van der Waals surface area (Å²) in [7, 11) is 0. The van der Waals surface area contributed by atoms with E-state index in [0.717, 1.165) is 0 Å². The quantitative estimate of drug-likeness (QED) is 0.561. The van der Waals surface area contributed by atoms with Crippen LogP contribution in [0.4, 0.5) is 0 Å². The van der Waals surface area contributed by atoms with Crippen LogP contribution in [0.3, 0.4) is 0 Å². The van der Waals surface area contributed by atoms with E-state index >= 15 is 0 Å². The number of aromatic nitrogens is 1. The molecule has 0 amide bonds. The molecule has 0 unspecified atom stereocenters. The van der Waals surface area contributed by atoms with Crippen LogP contribution in [0, 0.1) is 0 Å². The van der Waals surface area contributed by atoms with Gasteiger partial charge in [-0.3, -0.25) is 4.79 Å². The Hall–Kier alpha value is -0.800. The first kappa shape index (κ1) is 9.29. The number of ether oxygens (including phenoxy) is 1. The van der Waals surface area contributed by atoms with E-state index in [0.29, 0.717) is 17.2 Å². The van der Waals surface area contributed by atoms with Crippen LogP contribution in [0.1, 0.15) is 5.69 Å². The van der Waals surface area contributed by atoms with Crippen molar-refractivity contribution in [1.82, 2.24) is 4.98 Å². The number of pyridine rings is 1. The van der Waals surface area contributed by atoms with Gasteiger partial charge in [0.1, 0.15) is 11.8 Å². The van der Waals surface area contributed by atoms with Gasteiger partial charge in [0, 0.05) is 5.02 Å². The highest BCUT2D eigenvalue weighted by Crippen LogP contribution is 2.15. The summed E-state index contributed by atoms with van der Waals surface area (Å²) in [6.45, 7) is 0.431. The molecule has 0 saturated carbocycles. The molecular weight excluding hydrogens is 201 g/mol. The first-order valence-electron chi connectivity index (χ1n) is 3.09. The number of hydrogen-bond acceptors (Lipinski definition) is 3. The monoisotopic (exact) mass is 205 g/mol. The zero-order valence-corrected chi connectivity index (χ0v) is 7.47. The Morgan fingerprint density at radius 3 is 2.83 bits per heavy atom. The molecule has 64 valence electrons. The van der Waals surface area contributed by atoms with Crippen molar-refractivity contribution < 1.29 is 9.53 Å².